The van der Waals surface area contributed by atoms with Crippen LogP contribution < -0.4 is 5.32 Å². The molecule has 0 saturated carbocycles. The molecule has 0 aliphatic rings. The first-order chi connectivity index (χ1) is 10.2. The molecule has 0 unspecified atom stereocenters. The highest BCUT2D eigenvalue weighted by atomic mass is 14.9. The van der Waals surface area contributed by atoms with E-state index >= 15 is 0 Å². The average Bonchev–Trinajstić information content (AvgIpc) is 2.99. The molecule has 2 nitrogen and oxygen atoms in total. The maximum Gasteiger partial charge on any atom is 0.0469 e. The van der Waals surface area contributed by atoms with Crippen molar-refractivity contribution in [3.8, 4) is 5.69 Å². The third kappa shape index (κ3) is 3.34. The van der Waals surface area contributed by atoms with Crippen LogP contribution in [0.2, 0.25) is 0 Å². The van der Waals surface area contributed by atoms with E-state index in [0.717, 1.165) is 12.2 Å². The Bertz CT molecular complexity index is 707. The minimum Gasteiger partial charge on any atom is -0.381 e. The van der Waals surface area contributed by atoms with E-state index in [0.29, 0.717) is 0 Å². The second-order valence-corrected chi connectivity index (χ2v) is 5.49. The fraction of sp³-hybridized carbons (Fsp3) is 0.158. The van der Waals surface area contributed by atoms with Crippen molar-refractivity contribution in [1.29, 1.82) is 0 Å². The lowest BCUT2D eigenvalue weighted by Gasteiger charge is -2.10. The van der Waals surface area contributed by atoms with E-state index in [4.69, 9.17) is 0 Å². The standard InChI is InChI=1S/C19H20N2/c1-15-10-16(2)12-17(11-15)14-20-18-6-5-7-19(13-18)21-8-3-4-9-21/h3-13,20H,14H2,1-2H3. The molecular weight excluding hydrogens is 256 g/mol. The van der Waals surface area contributed by atoms with Crippen LogP contribution in [-0.4, -0.2) is 4.57 Å². The van der Waals surface area contributed by atoms with E-state index in [1.54, 1.807) is 0 Å². The van der Waals surface area contributed by atoms with E-state index in [1.807, 2.05) is 12.1 Å². The number of aryl methyl sites for hydroxylation is 2. The fourth-order valence-electron chi connectivity index (χ4n) is 2.66. The zero-order valence-electron chi connectivity index (χ0n) is 12.5. The molecule has 2 heteroatoms. The summed E-state index contributed by atoms with van der Waals surface area (Å²) < 4.78 is 2.11. The zero-order valence-corrected chi connectivity index (χ0v) is 12.5. The van der Waals surface area contributed by atoms with Gasteiger partial charge in [0.25, 0.3) is 0 Å². The number of benzene rings is 2. The Morgan fingerprint density at radius 2 is 1.57 bits per heavy atom. The Hall–Kier alpha value is -2.48. The van der Waals surface area contributed by atoms with E-state index in [2.05, 4.69) is 78.6 Å². The zero-order chi connectivity index (χ0) is 14.7. The Kier molecular flexibility index (Phi) is 3.78. The van der Waals surface area contributed by atoms with Crippen LogP contribution in [0.1, 0.15) is 16.7 Å². The smallest absolute Gasteiger partial charge is 0.0469 e. The van der Waals surface area contributed by atoms with Gasteiger partial charge in [-0.15, -0.1) is 0 Å². The summed E-state index contributed by atoms with van der Waals surface area (Å²) in [5.41, 5.74) is 6.26. The van der Waals surface area contributed by atoms with Crippen molar-refractivity contribution in [2.45, 2.75) is 20.4 Å². The number of anilines is 1. The predicted octanol–water partition coefficient (Wildman–Crippen LogP) is 4.71. The molecule has 0 aliphatic heterocycles. The SMILES string of the molecule is Cc1cc(C)cc(CNc2cccc(-n3cccc3)c2)c1. The number of rotatable bonds is 4. The average molecular weight is 276 g/mol. The Morgan fingerprint density at radius 1 is 0.857 bits per heavy atom. The van der Waals surface area contributed by atoms with Crippen molar-refractivity contribution in [3.05, 3.63) is 83.7 Å². The molecule has 3 rings (SSSR count). The van der Waals surface area contributed by atoms with Crippen LogP contribution in [0.25, 0.3) is 5.69 Å². The lowest BCUT2D eigenvalue weighted by atomic mass is 10.1. The summed E-state index contributed by atoms with van der Waals surface area (Å²) in [4.78, 5) is 0. The van der Waals surface area contributed by atoms with Crippen LogP contribution in [0.15, 0.2) is 67.0 Å². The number of hydrogen-bond acceptors (Lipinski definition) is 1. The molecule has 106 valence electrons. The summed E-state index contributed by atoms with van der Waals surface area (Å²) in [6.07, 6.45) is 4.12. The molecule has 21 heavy (non-hydrogen) atoms. The number of nitrogens with zero attached hydrogens (tertiary/aromatic N) is 1. The highest BCUT2D eigenvalue weighted by Crippen LogP contribution is 2.16. The maximum absolute atomic E-state index is 3.50. The molecule has 0 atom stereocenters. The summed E-state index contributed by atoms with van der Waals surface area (Å²) in [5.74, 6) is 0. The molecule has 3 aromatic rings. The summed E-state index contributed by atoms with van der Waals surface area (Å²) in [7, 11) is 0. The van der Waals surface area contributed by atoms with Gasteiger partial charge in [0.2, 0.25) is 0 Å². The summed E-state index contributed by atoms with van der Waals surface area (Å²) in [5, 5.41) is 3.50. The highest BCUT2D eigenvalue weighted by Gasteiger charge is 1.99. The van der Waals surface area contributed by atoms with E-state index in [9.17, 15) is 0 Å². The van der Waals surface area contributed by atoms with Crippen molar-refractivity contribution in [1.82, 2.24) is 4.57 Å². The molecule has 0 spiro atoms. The summed E-state index contributed by atoms with van der Waals surface area (Å²) in [6, 6.07) is 19.2. The molecular formula is C19H20N2. The monoisotopic (exact) mass is 276 g/mol. The van der Waals surface area contributed by atoms with Crippen molar-refractivity contribution in [2.24, 2.45) is 0 Å². The largest absolute Gasteiger partial charge is 0.381 e. The van der Waals surface area contributed by atoms with Crippen LogP contribution in [0.3, 0.4) is 0 Å². The van der Waals surface area contributed by atoms with Gasteiger partial charge in [0, 0.05) is 30.3 Å². The van der Waals surface area contributed by atoms with Crippen molar-refractivity contribution in [2.75, 3.05) is 5.32 Å². The summed E-state index contributed by atoms with van der Waals surface area (Å²) in [6.45, 7) is 5.13. The van der Waals surface area contributed by atoms with Gasteiger partial charge in [-0.3, -0.25) is 0 Å². The van der Waals surface area contributed by atoms with Gasteiger partial charge >= 0.3 is 0 Å². The first kappa shape index (κ1) is 13.5. The second-order valence-electron chi connectivity index (χ2n) is 5.49. The van der Waals surface area contributed by atoms with Crippen LogP contribution in [0.5, 0.6) is 0 Å². The van der Waals surface area contributed by atoms with Crippen molar-refractivity contribution >= 4 is 5.69 Å². The second kappa shape index (κ2) is 5.88. The summed E-state index contributed by atoms with van der Waals surface area (Å²) >= 11 is 0. The first-order valence-corrected chi connectivity index (χ1v) is 7.25. The normalized spacial score (nSPS) is 10.6. The van der Waals surface area contributed by atoms with Gasteiger partial charge in [-0.05, 0) is 49.7 Å². The number of nitrogens with one attached hydrogen (secondary N) is 1. The Balaban J connectivity index is 1.75. The molecule has 2 aromatic carbocycles. The molecule has 0 radical (unpaired) electrons. The lowest BCUT2D eigenvalue weighted by molar-refractivity contribution is 1.07. The molecule has 1 N–H and O–H groups in total. The van der Waals surface area contributed by atoms with Crippen LogP contribution >= 0.6 is 0 Å². The first-order valence-electron chi connectivity index (χ1n) is 7.25. The van der Waals surface area contributed by atoms with Crippen LogP contribution in [0, 0.1) is 13.8 Å². The van der Waals surface area contributed by atoms with Gasteiger partial charge in [-0.1, -0.05) is 35.4 Å². The van der Waals surface area contributed by atoms with Crippen LogP contribution in [0.4, 0.5) is 5.69 Å². The van der Waals surface area contributed by atoms with Crippen LogP contribution in [-0.2, 0) is 6.54 Å². The Morgan fingerprint density at radius 3 is 2.29 bits per heavy atom. The van der Waals surface area contributed by atoms with Gasteiger partial charge < -0.3 is 9.88 Å². The highest BCUT2D eigenvalue weighted by molar-refractivity contribution is 5.51. The molecule has 0 aliphatic carbocycles. The van der Waals surface area contributed by atoms with Gasteiger partial charge in [-0.25, -0.2) is 0 Å². The topological polar surface area (TPSA) is 17.0 Å². The van der Waals surface area contributed by atoms with Crippen molar-refractivity contribution in [3.63, 3.8) is 0 Å². The minimum atomic E-state index is 0.845. The molecule has 0 fully saturated rings. The van der Waals surface area contributed by atoms with E-state index < -0.39 is 0 Å². The van der Waals surface area contributed by atoms with E-state index in [-0.39, 0.29) is 0 Å². The van der Waals surface area contributed by atoms with Crippen molar-refractivity contribution < 1.29 is 0 Å². The Labute approximate surface area is 126 Å². The lowest BCUT2D eigenvalue weighted by Crippen LogP contribution is -2.01. The number of aromatic nitrogens is 1. The molecule has 1 aromatic heterocycles. The van der Waals surface area contributed by atoms with Gasteiger partial charge in [0.1, 0.15) is 0 Å². The molecule has 0 saturated heterocycles. The van der Waals surface area contributed by atoms with Gasteiger partial charge in [0.15, 0.2) is 0 Å². The minimum absolute atomic E-state index is 0.845. The molecule has 0 amide bonds. The molecule has 0 bridgehead atoms. The fourth-order valence-corrected chi connectivity index (χ4v) is 2.66. The number of hydrogen-bond donors (Lipinski definition) is 1. The maximum atomic E-state index is 3.50. The molecule has 1 heterocycles. The third-order valence-corrected chi connectivity index (χ3v) is 3.53. The predicted molar refractivity (Wildman–Crippen MR) is 89.0 cm³/mol. The van der Waals surface area contributed by atoms with Gasteiger partial charge in [0.05, 0.1) is 0 Å². The third-order valence-electron chi connectivity index (χ3n) is 3.53. The van der Waals surface area contributed by atoms with Gasteiger partial charge in [-0.2, -0.15) is 0 Å². The quantitative estimate of drug-likeness (QED) is 0.730. The van der Waals surface area contributed by atoms with E-state index in [1.165, 1.54) is 22.4 Å².